The van der Waals surface area contributed by atoms with Crippen LogP contribution >= 0.6 is 0 Å². The van der Waals surface area contributed by atoms with E-state index < -0.39 is 17.9 Å². The van der Waals surface area contributed by atoms with E-state index in [2.05, 4.69) is 0 Å². The first-order valence-electron chi connectivity index (χ1n) is 5.04. The Kier molecular flexibility index (Phi) is 4.24. The maximum absolute atomic E-state index is 11.2. The van der Waals surface area contributed by atoms with Crippen molar-refractivity contribution in [2.75, 3.05) is 13.1 Å². The number of carbonyl (C=O) groups is 3. The van der Waals surface area contributed by atoms with E-state index in [0.29, 0.717) is 6.54 Å². The summed E-state index contributed by atoms with van der Waals surface area (Å²) in [7, 11) is 0. The lowest BCUT2D eigenvalue weighted by atomic mass is 10.3. The van der Waals surface area contributed by atoms with Gasteiger partial charge < -0.3 is 10.8 Å². The van der Waals surface area contributed by atoms with E-state index in [0.717, 1.165) is 12.8 Å². The molecule has 0 saturated heterocycles. The van der Waals surface area contributed by atoms with E-state index in [4.69, 9.17) is 10.8 Å². The highest BCUT2D eigenvalue weighted by molar-refractivity contribution is 5.94. The van der Waals surface area contributed by atoms with E-state index in [1.807, 2.05) is 5.32 Å². The molecule has 90 valence electrons. The van der Waals surface area contributed by atoms with E-state index >= 15 is 0 Å². The van der Waals surface area contributed by atoms with Crippen molar-refractivity contribution >= 4 is 17.9 Å². The minimum atomic E-state index is -0.902. The van der Waals surface area contributed by atoms with Crippen LogP contribution in [0, 0.1) is 0 Å². The first-order valence-corrected chi connectivity index (χ1v) is 5.04. The Balaban J connectivity index is 2.35. The van der Waals surface area contributed by atoms with Crippen LogP contribution < -0.4 is 11.1 Å². The van der Waals surface area contributed by atoms with Crippen molar-refractivity contribution in [1.82, 2.24) is 10.2 Å². The third-order valence-corrected chi connectivity index (χ3v) is 2.29. The molecule has 0 heterocycles. The molecule has 16 heavy (non-hydrogen) atoms. The molecule has 0 aliphatic heterocycles. The lowest BCUT2D eigenvalue weighted by Gasteiger charge is -2.19. The first kappa shape index (κ1) is 12.4. The maximum Gasteiger partial charge on any atom is 0.318 e. The molecule has 7 nitrogen and oxygen atoms in total. The molecule has 7 heteroatoms. The van der Waals surface area contributed by atoms with Gasteiger partial charge in [0.1, 0.15) is 0 Å². The normalized spacial score (nSPS) is 14.8. The van der Waals surface area contributed by atoms with Crippen LogP contribution in [-0.2, 0) is 9.59 Å². The fourth-order valence-electron chi connectivity index (χ4n) is 1.43. The molecule has 0 bridgehead atoms. The number of nitrogens with zero attached hydrogens (tertiary/aromatic N) is 1. The van der Waals surface area contributed by atoms with Gasteiger partial charge in [0.25, 0.3) is 0 Å². The lowest BCUT2D eigenvalue weighted by Crippen LogP contribution is -2.43. The van der Waals surface area contributed by atoms with Crippen LogP contribution in [0.5, 0.6) is 0 Å². The minimum absolute atomic E-state index is 0.0135. The first-order chi connectivity index (χ1) is 7.49. The molecule has 3 amide bonds. The summed E-state index contributed by atoms with van der Waals surface area (Å²) in [5, 5.41) is 10.5. The molecule has 0 aromatic carbocycles. The lowest BCUT2D eigenvalue weighted by molar-refractivity contribution is -0.137. The number of aliphatic carboxylic acids is 1. The van der Waals surface area contributed by atoms with Crippen LogP contribution in [-0.4, -0.2) is 47.0 Å². The zero-order chi connectivity index (χ0) is 12.1. The third-order valence-electron chi connectivity index (χ3n) is 2.29. The molecule has 0 atom stereocenters. The summed E-state index contributed by atoms with van der Waals surface area (Å²) in [5.41, 5.74) is 4.80. The summed E-state index contributed by atoms with van der Waals surface area (Å²) in [5.74, 6) is -1.40. The number of carboxylic acids is 1. The summed E-state index contributed by atoms with van der Waals surface area (Å²) in [6.07, 6.45) is 1.91. The van der Waals surface area contributed by atoms with Crippen molar-refractivity contribution < 1.29 is 19.5 Å². The Hall–Kier alpha value is -1.63. The van der Waals surface area contributed by atoms with Gasteiger partial charge in [-0.3, -0.25) is 19.8 Å². The third kappa shape index (κ3) is 4.74. The SMILES string of the molecule is NC(=O)NC(=O)CN(CCC(=O)O)C1CC1. The highest BCUT2D eigenvalue weighted by Crippen LogP contribution is 2.26. The highest BCUT2D eigenvalue weighted by atomic mass is 16.4. The molecule has 0 spiro atoms. The second kappa shape index (κ2) is 5.45. The van der Waals surface area contributed by atoms with Crippen molar-refractivity contribution in [2.24, 2.45) is 5.73 Å². The monoisotopic (exact) mass is 229 g/mol. The fraction of sp³-hybridized carbons (Fsp3) is 0.667. The van der Waals surface area contributed by atoms with Gasteiger partial charge in [-0.1, -0.05) is 0 Å². The molecule has 4 N–H and O–H groups in total. The van der Waals surface area contributed by atoms with Gasteiger partial charge in [0.05, 0.1) is 13.0 Å². The van der Waals surface area contributed by atoms with Crippen LogP contribution in [0.4, 0.5) is 4.79 Å². The molecule has 1 fully saturated rings. The molecule has 1 aliphatic rings. The summed E-state index contributed by atoms with van der Waals surface area (Å²) in [6.45, 7) is 0.326. The summed E-state index contributed by atoms with van der Waals surface area (Å²) in [6, 6.07) is -0.628. The number of carboxylic acid groups (broad SMARTS) is 1. The van der Waals surface area contributed by atoms with Gasteiger partial charge in [0, 0.05) is 12.6 Å². The largest absolute Gasteiger partial charge is 0.481 e. The average Bonchev–Trinajstić information content (AvgIpc) is 2.93. The Morgan fingerprint density at radius 1 is 1.38 bits per heavy atom. The Morgan fingerprint density at radius 2 is 2.00 bits per heavy atom. The molecule has 0 aromatic rings. The van der Waals surface area contributed by atoms with Gasteiger partial charge in [0.2, 0.25) is 5.91 Å². The minimum Gasteiger partial charge on any atom is -0.481 e. The molecular weight excluding hydrogens is 214 g/mol. The molecule has 1 aliphatic carbocycles. The number of hydrogen-bond acceptors (Lipinski definition) is 4. The number of hydrogen-bond donors (Lipinski definition) is 3. The summed E-state index contributed by atoms with van der Waals surface area (Å²) < 4.78 is 0. The topological polar surface area (TPSA) is 113 Å². The highest BCUT2D eigenvalue weighted by Gasteiger charge is 2.30. The number of carbonyl (C=O) groups excluding carboxylic acids is 2. The molecular formula is C9H15N3O4. The number of nitrogens with two attached hydrogens (primary N) is 1. The number of primary amides is 1. The van der Waals surface area contributed by atoms with Gasteiger partial charge in [0.15, 0.2) is 0 Å². The van der Waals surface area contributed by atoms with Crippen molar-refractivity contribution in [3.05, 3.63) is 0 Å². The number of imide groups is 1. The van der Waals surface area contributed by atoms with E-state index in [-0.39, 0.29) is 19.0 Å². The average molecular weight is 229 g/mol. The van der Waals surface area contributed by atoms with Gasteiger partial charge in [-0.05, 0) is 12.8 Å². The zero-order valence-electron chi connectivity index (χ0n) is 8.81. The molecule has 0 aromatic heterocycles. The predicted octanol–water partition coefficient (Wildman–Crippen LogP) is -0.880. The standard InChI is InChI=1S/C9H15N3O4/c10-9(16)11-7(13)5-12(6-1-2-6)4-3-8(14)15/h6H,1-5H2,(H,14,15)(H3,10,11,13,16). The summed E-state index contributed by atoms with van der Waals surface area (Å²) in [4.78, 5) is 33.8. The second-order valence-corrected chi connectivity index (χ2v) is 3.76. The van der Waals surface area contributed by atoms with Crippen LogP contribution in [0.1, 0.15) is 19.3 Å². The van der Waals surface area contributed by atoms with E-state index in [1.54, 1.807) is 4.90 Å². The van der Waals surface area contributed by atoms with Gasteiger partial charge in [-0.15, -0.1) is 0 Å². The molecule has 0 radical (unpaired) electrons. The van der Waals surface area contributed by atoms with E-state index in [9.17, 15) is 14.4 Å². The fourth-order valence-corrected chi connectivity index (χ4v) is 1.43. The van der Waals surface area contributed by atoms with Crippen molar-refractivity contribution in [3.63, 3.8) is 0 Å². The molecule has 1 saturated carbocycles. The number of rotatable bonds is 6. The molecule has 0 unspecified atom stereocenters. The zero-order valence-corrected chi connectivity index (χ0v) is 8.81. The van der Waals surface area contributed by atoms with Gasteiger partial charge >= 0.3 is 12.0 Å². The Morgan fingerprint density at radius 3 is 2.44 bits per heavy atom. The number of urea groups is 1. The van der Waals surface area contributed by atoms with Crippen LogP contribution in [0.15, 0.2) is 0 Å². The second-order valence-electron chi connectivity index (χ2n) is 3.76. The van der Waals surface area contributed by atoms with Gasteiger partial charge in [-0.2, -0.15) is 0 Å². The Bertz CT molecular complexity index is 301. The van der Waals surface area contributed by atoms with Crippen LogP contribution in [0.25, 0.3) is 0 Å². The number of nitrogens with one attached hydrogen (secondary N) is 1. The van der Waals surface area contributed by atoms with Crippen LogP contribution in [0.3, 0.4) is 0 Å². The van der Waals surface area contributed by atoms with Crippen molar-refractivity contribution in [1.29, 1.82) is 0 Å². The predicted molar refractivity (Wildman–Crippen MR) is 54.6 cm³/mol. The van der Waals surface area contributed by atoms with E-state index in [1.165, 1.54) is 0 Å². The Labute approximate surface area is 92.6 Å². The van der Waals surface area contributed by atoms with Crippen molar-refractivity contribution in [3.8, 4) is 0 Å². The summed E-state index contributed by atoms with van der Waals surface area (Å²) >= 11 is 0. The van der Waals surface area contributed by atoms with Gasteiger partial charge in [-0.25, -0.2) is 4.79 Å². The number of amides is 3. The quantitative estimate of drug-likeness (QED) is 0.547. The van der Waals surface area contributed by atoms with Crippen molar-refractivity contribution in [2.45, 2.75) is 25.3 Å². The maximum atomic E-state index is 11.2. The van der Waals surface area contributed by atoms with Crippen LogP contribution in [0.2, 0.25) is 0 Å². The molecule has 1 rings (SSSR count). The smallest absolute Gasteiger partial charge is 0.318 e.